The number of rotatable bonds is 3. The number of phenols is 1. The summed E-state index contributed by atoms with van der Waals surface area (Å²) in [5, 5.41) is 13.4. The third-order valence-corrected chi connectivity index (χ3v) is 4.36. The molecule has 0 amide bonds. The fourth-order valence-corrected chi connectivity index (χ4v) is 3.07. The molecular weight excluding hydrogens is 310 g/mol. The summed E-state index contributed by atoms with van der Waals surface area (Å²) in [5.41, 5.74) is 5.84. The second-order valence-electron chi connectivity index (χ2n) is 6.16. The Morgan fingerprint density at radius 3 is 2.52 bits per heavy atom. The number of imidazole rings is 1. The van der Waals surface area contributed by atoms with Crippen molar-refractivity contribution >= 4 is 17.2 Å². The highest BCUT2D eigenvalue weighted by atomic mass is 16.3. The Morgan fingerprint density at radius 1 is 0.920 bits per heavy atom. The summed E-state index contributed by atoms with van der Waals surface area (Å²) in [5.74, 6) is 1.13. The molecule has 0 atom stereocenters. The average molecular weight is 329 g/mol. The van der Waals surface area contributed by atoms with E-state index in [9.17, 15) is 5.11 Å². The minimum atomic E-state index is 0.230. The maximum Gasteiger partial charge on any atom is 0.143 e. The molecule has 0 unspecified atom stereocenters. The van der Waals surface area contributed by atoms with Crippen LogP contribution in [-0.4, -0.2) is 14.5 Å². The highest BCUT2D eigenvalue weighted by Crippen LogP contribution is 2.34. The summed E-state index contributed by atoms with van der Waals surface area (Å²) in [6.45, 7) is 4.14. The molecule has 0 bridgehead atoms. The van der Waals surface area contributed by atoms with Crippen LogP contribution < -0.4 is 5.32 Å². The van der Waals surface area contributed by atoms with E-state index in [0.29, 0.717) is 0 Å². The molecule has 4 aromatic rings. The van der Waals surface area contributed by atoms with Gasteiger partial charge in [-0.25, -0.2) is 4.98 Å². The summed E-state index contributed by atoms with van der Waals surface area (Å²) in [6.07, 6.45) is 0. The molecular formula is C21H19N3O. The van der Waals surface area contributed by atoms with Crippen LogP contribution in [0.5, 0.6) is 5.75 Å². The summed E-state index contributed by atoms with van der Waals surface area (Å²) in [7, 11) is 0. The second-order valence-corrected chi connectivity index (χ2v) is 6.16. The van der Waals surface area contributed by atoms with Crippen molar-refractivity contribution < 1.29 is 5.11 Å². The lowest BCUT2D eigenvalue weighted by atomic mass is 10.1. The molecule has 2 N–H and O–H groups in total. The molecule has 124 valence electrons. The molecule has 4 rings (SSSR count). The maximum absolute atomic E-state index is 9.87. The SMILES string of the molecule is Cc1ccccc1Nc1c(-c2cccc(O)c2)nc2cccc(C)n12. The fraction of sp³-hybridized carbons (Fsp3) is 0.0952. The first kappa shape index (κ1) is 15.3. The number of hydrogen-bond acceptors (Lipinski definition) is 3. The van der Waals surface area contributed by atoms with E-state index < -0.39 is 0 Å². The molecule has 0 saturated carbocycles. The number of benzene rings is 2. The van der Waals surface area contributed by atoms with Gasteiger partial charge in [-0.3, -0.25) is 4.40 Å². The zero-order valence-corrected chi connectivity index (χ0v) is 14.2. The molecule has 0 spiro atoms. The number of nitrogens with zero attached hydrogens (tertiary/aromatic N) is 2. The number of fused-ring (bicyclic) bond motifs is 1. The number of aromatic nitrogens is 2. The normalized spacial score (nSPS) is 11.0. The Labute approximate surface area is 146 Å². The van der Waals surface area contributed by atoms with E-state index in [1.165, 1.54) is 0 Å². The van der Waals surface area contributed by atoms with Gasteiger partial charge in [-0.1, -0.05) is 36.4 Å². The third kappa shape index (κ3) is 2.72. The smallest absolute Gasteiger partial charge is 0.143 e. The Morgan fingerprint density at radius 2 is 1.72 bits per heavy atom. The van der Waals surface area contributed by atoms with Gasteiger partial charge in [-0.15, -0.1) is 0 Å². The molecule has 2 heterocycles. The lowest BCUT2D eigenvalue weighted by molar-refractivity contribution is 0.475. The Kier molecular flexibility index (Phi) is 3.65. The van der Waals surface area contributed by atoms with Crippen molar-refractivity contribution in [3.8, 4) is 17.0 Å². The van der Waals surface area contributed by atoms with Crippen molar-refractivity contribution in [2.45, 2.75) is 13.8 Å². The van der Waals surface area contributed by atoms with Gasteiger partial charge in [0.1, 0.15) is 22.9 Å². The van der Waals surface area contributed by atoms with E-state index in [1.807, 2.05) is 36.4 Å². The predicted molar refractivity (Wildman–Crippen MR) is 101 cm³/mol. The van der Waals surface area contributed by atoms with Crippen LogP contribution in [0.25, 0.3) is 16.9 Å². The fourth-order valence-electron chi connectivity index (χ4n) is 3.07. The molecule has 25 heavy (non-hydrogen) atoms. The lowest BCUT2D eigenvalue weighted by Crippen LogP contribution is -2.00. The van der Waals surface area contributed by atoms with Gasteiger partial charge in [-0.2, -0.15) is 0 Å². The summed E-state index contributed by atoms with van der Waals surface area (Å²) < 4.78 is 2.10. The zero-order valence-electron chi connectivity index (χ0n) is 14.2. The number of pyridine rings is 1. The minimum Gasteiger partial charge on any atom is -0.508 e. The van der Waals surface area contributed by atoms with Crippen LogP contribution in [0, 0.1) is 13.8 Å². The van der Waals surface area contributed by atoms with Crippen LogP contribution in [0.2, 0.25) is 0 Å². The minimum absolute atomic E-state index is 0.230. The van der Waals surface area contributed by atoms with Gasteiger partial charge in [-0.05, 0) is 49.7 Å². The number of aromatic hydroxyl groups is 1. The first-order valence-corrected chi connectivity index (χ1v) is 8.23. The number of anilines is 2. The third-order valence-electron chi connectivity index (χ3n) is 4.36. The second kappa shape index (κ2) is 5.98. The highest BCUT2D eigenvalue weighted by molar-refractivity contribution is 5.81. The topological polar surface area (TPSA) is 49.6 Å². The summed E-state index contributed by atoms with van der Waals surface area (Å²) >= 11 is 0. The van der Waals surface area contributed by atoms with Crippen LogP contribution in [0.15, 0.2) is 66.7 Å². The van der Waals surface area contributed by atoms with Crippen LogP contribution in [0.3, 0.4) is 0 Å². The van der Waals surface area contributed by atoms with E-state index in [2.05, 4.69) is 41.8 Å². The molecule has 0 aliphatic carbocycles. The van der Waals surface area contributed by atoms with Gasteiger partial charge < -0.3 is 10.4 Å². The monoisotopic (exact) mass is 329 g/mol. The molecule has 2 aromatic carbocycles. The van der Waals surface area contributed by atoms with Crippen LogP contribution in [0.1, 0.15) is 11.3 Å². The molecule has 0 saturated heterocycles. The summed E-state index contributed by atoms with van der Waals surface area (Å²) in [4.78, 5) is 4.80. The average Bonchev–Trinajstić information content (AvgIpc) is 2.97. The molecule has 4 nitrogen and oxygen atoms in total. The van der Waals surface area contributed by atoms with Crippen molar-refractivity contribution in [2.24, 2.45) is 0 Å². The zero-order chi connectivity index (χ0) is 17.4. The van der Waals surface area contributed by atoms with Gasteiger partial charge in [0.15, 0.2) is 0 Å². The van der Waals surface area contributed by atoms with Gasteiger partial charge in [0.25, 0.3) is 0 Å². The van der Waals surface area contributed by atoms with Crippen molar-refractivity contribution in [1.29, 1.82) is 0 Å². The number of aryl methyl sites for hydroxylation is 2. The number of phenolic OH excluding ortho intramolecular Hbond substituents is 1. The van der Waals surface area contributed by atoms with Crippen molar-refractivity contribution in [3.63, 3.8) is 0 Å². The predicted octanol–water partition coefficient (Wildman–Crippen LogP) is 5.07. The van der Waals surface area contributed by atoms with Crippen LogP contribution in [-0.2, 0) is 0 Å². The Balaban J connectivity index is 1.97. The van der Waals surface area contributed by atoms with Crippen molar-refractivity contribution in [3.05, 3.63) is 78.0 Å². The van der Waals surface area contributed by atoms with Crippen molar-refractivity contribution in [2.75, 3.05) is 5.32 Å². The number of hydrogen-bond donors (Lipinski definition) is 2. The van der Waals surface area contributed by atoms with Crippen LogP contribution >= 0.6 is 0 Å². The van der Waals surface area contributed by atoms with Gasteiger partial charge in [0, 0.05) is 16.9 Å². The first-order chi connectivity index (χ1) is 12.1. The first-order valence-electron chi connectivity index (χ1n) is 8.23. The Hall–Kier alpha value is -3.27. The molecule has 0 radical (unpaired) electrons. The van der Waals surface area contributed by atoms with E-state index in [4.69, 9.17) is 4.98 Å². The largest absolute Gasteiger partial charge is 0.508 e. The maximum atomic E-state index is 9.87. The molecule has 0 fully saturated rings. The standard InChI is InChI=1S/C21H19N3O/c1-14-7-3-4-11-18(14)22-21-20(16-9-6-10-17(25)13-16)23-19-12-5-8-15(2)24(19)21/h3-13,22,25H,1-2H3. The van der Waals surface area contributed by atoms with Crippen molar-refractivity contribution in [1.82, 2.24) is 9.38 Å². The molecule has 4 heteroatoms. The molecule has 0 aliphatic heterocycles. The quantitative estimate of drug-likeness (QED) is 0.552. The molecule has 0 aliphatic rings. The van der Waals surface area contributed by atoms with Crippen LogP contribution in [0.4, 0.5) is 11.5 Å². The van der Waals surface area contributed by atoms with Gasteiger partial charge in [0.2, 0.25) is 0 Å². The Bertz CT molecular complexity index is 1070. The van der Waals surface area contributed by atoms with Gasteiger partial charge in [0.05, 0.1) is 0 Å². The number of para-hydroxylation sites is 1. The highest BCUT2D eigenvalue weighted by Gasteiger charge is 2.16. The van der Waals surface area contributed by atoms with E-state index >= 15 is 0 Å². The number of nitrogens with one attached hydrogen (secondary N) is 1. The summed E-state index contributed by atoms with van der Waals surface area (Å²) in [6, 6.07) is 21.4. The molecule has 2 aromatic heterocycles. The van der Waals surface area contributed by atoms with E-state index in [-0.39, 0.29) is 5.75 Å². The van der Waals surface area contributed by atoms with E-state index in [0.717, 1.165) is 39.7 Å². The van der Waals surface area contributed by atoms with Gasteiger partial charge >= 0.3 is 0 Å². The lowest BCUT2D eigenvalue weighted by Gasteiger charge is -2.12. The van der Waals surface area contributed by atoms with E-state index in [1.54, 1.807) is 12.1 Å².